The monoisotopic (exact) mass is 425 g/mol. The average Bonchev–Trinajstić information content (AvgIpc) is 3.44. The number of furan rings is 1. The summed E-state index contributed by atoms with van der Waals surface area (Å²) < 4.78 is 8.56. The first kappa shape index (κ1) is 18.2. The highest BCUT2D eigenvalue weighted by atomic mass is 16.3. The highest BCUT2D eigenvalue weighted by Crippen LogP contribution is 2.39. The number of para-hydroxylation sites is 2. The number of imidazole rings is 1. The second-order valence-corrected chi connectivity index (χ2v) is 8.36. The van der Waals surface area contributed by atoms with Crippen LogP contribution in [0.5, 0.6) is 0 Å². The summed E-state index contributed by atoms with van der Waals surface area (Å²) in [5.41, 5.74) is 6.61. The molecule has 0 spiro atoms. The standard InChI is InChI=1S/C29H19N3O/c1-18-15-16-23(27-25(18)22-13-7-8-14-24(22)33-27)28-31-26-21-12-6-5-9-19(21)17-30-29(26)32(28)20-10-3-2-4-11-20/h2-17H,1H3. The third-order valence-electron chi connectivity index (χ3n) is 6.38. The van der Waals surface area contributed by atoms with Crippen LogP contribution in [-0.4, -0.2) is 14.5 Å². The minimum atomic E-state index is 0.823. The lowest BCUT2D eigenvalue weighted by Gasteiger charge is -2.10. The van der Waals surface area contributed by atoms with Crippen molar-refractivity contribution in [1.82, 2.24) is 14.5 Å². The van der Waals surface area contributed by atoms with E-state index in [0.29, 0.717) is 0 Å². The minimum Gasteiger partial charge on any atom is -0.455 e. The molecule has 0 radical (unpaired) electrons. The molecule has 0 atom stereocenters. The van der Waals surface area contributed by atoms with E-state index in [-0.39, 0.29) is 0 Å². The van der Waals surface area contributed by atoms with E-state index >= 15 is 0 Å². The van der Waals surface area contributed by atoms with Gasteiger partial charge in [-0.15, -0.1) is 0 Å². The maximum atomic E-state index is 6.42. The van der Waals surface area contributed by atoms with Crippen molar-refractivity contribution in [3.8, 4) is 17.1 Å². The van der Waals surface area contributed by atoms with Gasteiger partial charge in [-0.1, -0.05) is 66.7 Å². The Bertz CT molecular complexity index is 1830. The summed E-state index contributed by atoms with van der Waals surface area (Å²) in [6, 6.07) is 31.0. The van der Waals surface area contributed by atoms with E-state index < -0.39 is 0 Å². The Kier molecular flexibility index (Phi) is 3.73. The van der Waals surface area contributed by atoms with Crippen molar-refractivity contribution in [2.45, 2.75) is 6.92 Å². The van der Waals surface area contributed by atoms with Crippen molar-refractivity contribution in [2.75, 3.05) is 0 Å². The third-order valence-corrected chi connectivity index (χ3v) is 6.38. The van der Waals surface area contributed by atoms with Gasteiger partial charge in [0.05, 0.1) is 5.56 Å². The van der Waals surface area contributed by atoms with Gasteiger partial charge < -0.3 is 4.42 Å². The zero-order valence-electron chi connectivity index (χ0n) is 18.0. The number of fused-ring (bicyclic) bond motifs is 6. The zero-order chi connectivity index (χ0) is 21.9. The number of pyridine rings is 1. The molecule has 0 aliphatic rings. The number of rotatable bonds is 2. The Morgan fingerprint density at radius 2 is 1.52 bits per heavy atom. The van der Waals surface area contributed by atoms with Gasteiger partial charge in [0.25, 0.3) is 0 Å². The number of aryl methyl sites for hydroxylation is 1. The molecule has 4 nitrogen and oxygen atoms in total. The van der Waals surface area contributed by atoms with E-state index in [1.54, 1.807) is 0 Å². The molecule has 7 rings (SSSR count). The normalized spacial score (nSPS) is 11.8. The predicted molar refractivity (Wildman–Crippen MR) is 134 cm³/mol. The fraction of sp³-hybridized carbons (Fsp3) is 0.0345. The van der Waals surface area contributed by atoms with E-state index in [2.05, 4.69) is 60.0 Å². The summed E-state index contributed by atoms with van der Waals surface area (Å²) in [5, 5.41) is 4.42. The van der Waals surface area contributed by atoms with Crippen molar-refractivity contribution >= 4 is 43.9 Å². The Labute approximate surface area is 189 Å². The molecule has 0 saturated carbocycles. The van der Waals surface area contributed by atoms with Crippen molar-refractivity contribution < 1.29 is 4.42 Å². The maximum Gasteiger partial charge on any atom is 0.165 e. The van der Waals surface area contributed by atoms with Crippen LogP contribution in [-0.2, 0) is 0 Å². The van der Waals surface area contributed by atoms with E-state index in [0.717, 1.165) is 61.0 Å². The average molecular weight is 425 g/mol. The van der Waals surface area contributed by atoms with Crippen LogP contribution in [0.15, 0.2) is 102 Å². The summed E-state index contributed by atoms with van der Waals surface area (Å²) in [6.07, 6.45) is 1.93. The fourth-order valence-electron chi connectivity index (χ4n) is 4.84. The highest BCUT2D eigenvalue weighted by molar-refractivity contribution is 6.12. The Hall–Kier alpha value is -4.44. The van der Waals surface area contributed by atoms with Crippen LogP contribution in [0.3, 0.4) is 0 Å². The van der Waals surface area contributed by atoms with E-state index in [1.165, 1.54) is 5.56 Å². The van der Waals surface area contributed by atoms with Crippen LogP contribution >= 0.6 is 0 Å². The molecule has 0 unspecified atom stereocenters. The van der Waals surface area contributed by atoms with Gasteiger partial charge in [-0.3, -0.25) is 4.57 Å². The van der Waals surface area contributed by atoms with Gasteiger partial charge in [0.1, 0.15) is 16.7 Å². The van der Waals surface area contributed by atoms with E-state index in [4.69, 9.17) is 14.4 Å². The number of benzene rings is 4. The largest absolute Gasteiger partial charge is 0.455 e. The zero-order valence-corrected chi connectivity index (χ0v) is 18.0. The molecule has 0 fully saturated rings. The number of nitrogens with zero attached hydrogens (tertiary/aromatic N) is 3. The molecular weight excluding hydrogens is 406 g/mol. The topological polar surface area (TPSA) is 43.9 Å². The van der Waals surface area contributed by atoms with Crippen LogP contribution in [0.1, 0.15) is 5.56 Å². The predicted octanol–water partition coefficient (Wildman–Crippen LogP) is 7.45. The molecular formula is C29H19N3O. The Morgan fingerprint density at radius 3 is 2.39 bits per heavy atom. The molecule has 156 valence electrons. The molecule has 3 aromatic heterocycles. The number of hydrogen-bond acceptors (Lipinski definition) is 3. The van der Waals surface area contributed by atoms with Crippen LogP contribution < -0.4 is 0 Å². The third kappa shape index (κ3) is 2.58. The number of hydrogen-bond donors (Lipinski definition) is 0. The quantitative estimate of drug-likeness (QED) is 0.289. The van der Waals surface area contributed by atoms with Crippen molar-refractivity contribution in [3.63, 3.8) is 0 Å². The first-order chi connectivity index (χ1) is 16.3. The molecule has 0 saturated heterocycles. The van der Waals surface area contributed by atoms with Crippen molar-refractivity contribution in [3.05, 3.63) is 103 Å². The van der Waals surface area contributed by atoms with Gasteiger partial charge >= 0.3 is 0 Å². The molecule has 4 heteroatoms. The molecule has 3 heterocycles. The first-order valence-electron chi connectivity index (χ1n) is 11.0. The van der Waals surface area contributed by atoms with Gasteiger partial charge in [-0.05, 0) is 36.8 Å². The molecule has 0 aliphatic heterocycles. The molecule has 4 aromatic carbocycles. The minimum absolute atomic E-state index is 0.823. The summed E-state index contributed by atoms with van der Waals surface area (Å²) in [7, 11) is 0. The van der Waals surface area contributed by atoms with Crippen molar-refractivity contribution in [2.24, 2.45) is 0 Å². The van der Waals surface area contributed by atoms with Crippen LogP contribution in [0.2, 0.25) is 0 Å². The SMILES string of the molecule is Cc1ccc(-c2nc3c4ccccc4cnc3n2-c2ccccc2)c2oc3ccccc3c12. The van der Waals surface area contributed by atoms with Crippen LogP contribution in [0.25, 0.3) is 61.0 Å². The first-order valence-corrected chi connectivity index (χ1v) is 11.0. The van der Waals surface area contributed by atoms with Crippen LogP contribution in [0.4, 0.5) is 0 Å². The maximum absolute atomic E-state index is 6.42. The summed E-state index contributed by atoms with van der Waals surface area (Å²) >= 11 is 0. The lowest BCUT2D eigenvalue weighted by Crippen LogP contribution is -1.99. The van der Waals surface area contributed by atoms with Crippen LogP contribution in [0, 0.1) is 6.92 Å². The van der Waals surface area contributed by atoms with Gasteiger partial charge in [0, 0.05) is 33.4 Å². The number of aromatic nitrogens is 3. The van der Waals surface area contributed by atoms with Gasteiger partial charge in [-0.2, -0.15) is 0 Å². The summed E-state index contributed by atoms with van der Waals surface area (Å²) in [5.74, 6) is 0.823. The van der Waals surface area contributed by atoms with Gasteiger partial charge in [-0.25, -0.2) is 9.97 Å². The smallest absolute Gasteiger partial charge is 0.165 e. The van der Waals surface area contributed by atoms with Crippen molar-refractivity contribution in [1.29, 1.82) is 0 Å². The molecule has 0 amide bonds. The lowest BCUT2D eigenvalue weighted by molar-refractivity contribution is 0.669. The summed E-state index contributed by atoms with van der Waals surface area (Å²) in [4.78, 5) is 10.0. The Morgan fingerprint density at radius 1 is 0.758 bits per heavy atom. The summed E-state index contributed by atoms with van der Waals surface area (Å²) in [6.45, 7) is 2.13. The molecule has 0 aliphatic carbocycles. The fourth-order valence-corrected chi connectivity index (χ4v) is 4.84. The van der Waals surface area contributed by atoms with E-state index in [1.807, 2.05) is 48.7 Å². The van der Waals surface area contributed by atoms with E-state index in [9.17, 15) is 0 Å². The molecule has 7 aromatic rings. The van der Waals surface area contributed by atoms with Gasteiger partial charge in [0.2, 0.25) is 0 Å². The molecule has 0 N–H and O–H groups in total. The highest BCUT2D eigenvalue weighted by Gasteiger charge is 2.22. The molecule has 33 heavy (non-hydrogen) atoms. The van der Waals surface area contributed by atoms with Gasteiger partial charge in [0.15, 0.2) is 11.5 Å². The lowest BCUT2D eigenvalue weighted by atomic mass is 10.0. The molecule has 0 bridgehead atoms. The second kappa shape index (κ2) is 6.78. The second-order valence-electron chi connectivity index (χ2n) is 8.36. The Balaban J connectivity index is 1.66.